The summed E-state index contributed by atoms with van der Waals surface area (Å²) in [7, 11) is 0. The molecule has 2 amide bonds. The smallest absolute Gasteiger partial charge is 0.323 e. The van der Waals surface area contributed by atoms with Gasteiger partial charge in [-0.1, -0.05) is 0 Å². The molecular weight excluding hydrogens is 422 g/mol. The number of benzene rings is 2. The van der Waals surface area contributed by atoms with Crippen LogP contribution >= 0.6 is 0 Å². The number of hydrogen-bond acceptors (Lipinski definition) is 7. The van der Waals surface area contributed by atoms with Gasteiger partial charge in [-0.25, -0.2) is 19.4 Å². The molecule has 5 rings (SSSR count). The molecule has 0 fully saturated rings. The van der Waals surface area contributed by atoms with E-state index in [0.717, 1.165) is 5.69 Å². The van der Waals surface area contributed by atoms with Gasteiger partial charge in [0.05, 0.1) is 0 Å². The van der Waals surface area contributed by atoms with Crippen LogP contribution in [0.4, 0.5) is 27.7 Å². The number of fused-ring (bicyclic) bond motifs is 1. The molecule has 0 saturated heterocycles. The van der Waals surface area contributed by atoms with Crippen LogP contribution < -0.4 is 25.4 Å². The van der Waals surface area contributed by atoms with Crippen molar-refractivity contribution in [1.82, 2.24) is 19.7 Å². The molecule has 1 aliphatic rings. The standard InChI is InChI=1S/C23H21N7O3/c1-15-25-21(14-22(26-15)30-10-2-9-24-30)27-16-3-5-17(6-4-16)28-23(31)29-18-7-8-19-20(13-18)33-12-11-32-19/h2-10,13-14H,11-12H2,1H3,(H,25,26,27)(H2,28,29,31). The van der Waals surface area contributed by atoms with Crippen LogP contribution in [0.1, 0.15) is 5.82 Å². The van der Waals surface area contributed by atoms with Crippen molar-refractivity contribution in [1.29, 1.82) is 0 Å². The summed E-state index contributed by atoms with van der Waals surface area (Å²) in [5.41, 5.74) is 2.08. The van der Waals surface area contributed by atoms with Crippen molar-refractivity contribution in [2.75, 3.05) is 29.2 Å². The minimum absolute atomic E-state index is 0.359. The fourth-order valence-electron chi connectivity index (χ4n) is 3.34. The predicted molar refractivity (Wildman–Crippen MR) is 124 cm³/mol. The van der Waals surface area contributed by atoms with Gasteiger partial charge in [0.2, 0.25) is 0 Å². The maximum atomic E-state index is 12.4. The monoisotopic (exact) mass is 443 g/mol. The van der Waals surface area contributed by atoms with Crippen LogP contribution in [-0.4, -0.2) is 39.0 Å². The Labute approximate surface area is 189 Å². The lowest BCUT2D eigenvalue weighted by molar-refractivity contribution is 0.171. The fourth-order valence-corrected chi connectivity index (χ4v) is 3.34. The third-order valence-electron chi connectivity index (χ3n) is 4.78. The van der Waals surface area contributed by atoms with E-state index in [0.29, 0.717) is 53.5 Å². The van der Waals surface area contributed by atoms with Gasteiger partial charge < -0.3 is 25.4 Å². The summed E-state index contributed by atoms with van der Waals surface area (Å²) >= 11 is 0. The molecule has 10 heteroatoms. The van der Waals surface area contributed by atoms with Crippen molar-refractivity contribution in [2.45, 2.75) is 6.92 Å². The van der Waals surface area contributed by atoms with E-state index in [1.807, 2.05) is 37.4 Å². The number of aromatic nitrogens is 4. The summed E-state index contributed by atoms with van der Waals surface area (Å²) in [6.45, 7) is 2.83. The minimum Gasteiger partial charge on any atom is -0.486 e. The van der Waals surface area contributed by atoms with Crippen molar-refractivity contribution in [3.63, 3.8) is 0 Å². The average molecular weight is 443 g/mol. The van der Waals surface area contributed by atoms with Crippen LogP contribution in [0, 0.1) is 6.92 Å². The maximum absolute atomic E-state index is 12.4. The Balaban J connectivity index is 1.22. The summed E-state index contributed by atoms with van der Waals surface area (Å²) in [4.78, 5) is 21.2. The Morgan fingerprint density at radius 3 is 2.42 bits per heavy atom. The van der Waals surface area contributed by atoms with Gasteiger partial charge in [-0.05, 0) is 49.4 Å². The highest BCUT2D eigenvalue weighted by atomic mass is 16.6. The molecule has 4 aromatic rings. The number of rotatable bonds is 5. The first-order valence-electron chi connectivity index (χ1n) is 10.3. The second-order valence-corrected chi connectivity index (χ2v) is 7.25. The van der Waals surface area contributed by atoms with E-state index in [9.17, 15) is 4.79 Å². The molecule has 1 aliphatic heterocycles. The van der Waals surface area contributed by atoms with Gasteiger partial charge in [-0.2, -0.15) is 5.10 Å². The van der Waals surface area contributed by atoms with Crippen LogP contribution in [0.25, 0.3) is 5.82 Å². The number of hydrogen-bond donors (Lipinski definition) is 3. The predicted octanol–water partition coefficient (Wildman–Crippen LogP) is 4.13. The number of urea groups is 1. The van der Waals surface area contributed by atoms with Crippen LogP contribution in [0.15, 0.2) is 67.0 Å². The van der Waals surface area contributed by atoms with E-state index >= 15 is 0 Å². The molecule has 0 saturated carbocycles. The second-order valence-electron chi connectivity index (χ2n) is 7.25. The second kappa shape index (κ2) is 8.87. The zero-order valence-electron chi connectivity index (χ0n) is 17.8. The number of amides is 2. The molecule has 0 bridgehead atoms. The lowest BCUT2D eigenvalue weighted by Crippen LogP contribution is -2.20. The Bertz CT molecular complexity index is 1270. The number of aryl methyl sites for hydroxylation is 1. The van der Waals surface area contributed by atoms with Gasteiger partial charge in [-0.3, -0.25) is 0 Å². The highest BCUT2D eigenvalue weighted by Crippen LogP contribution is 2.32. The first-order valence-corrected chi connectivity index (χ1v) is 10.3. The van der Waals surface area contributed by atoms with Crippen LogP contribution in [-0.2, 0) is 0 Å². The molecule has 33 heavy (non-hydrogen) atoms. The molecule has 2 aromatic heterocycles. The normalized spacial score (nSPS) is 12.2. The molecule has 0 unspecified atom stereocenters. The molecular formula is C23H21N7O3. The summed E-state index contributed by atoms with van der Waals surface area (Å²) in [6, 6.07) is 15.9. The maximum Gasteiger partial charge on any atom is 0.323 e. The number of nitrogens with zero attached hydrogens (tertiary/aromatic N) is 4. The minimum atomic E-state index is -0.359. The third-order valence-corrected chi connectivity index (χ3v) is 4.78. The molecule has 10 nitrogen and oxygen atoms in total. The van der Waals surface area contributed by atoms with Gasteiger partial charge in [0, 0.05) is 41.6 Å². The molecule has 2 aromatic carbocycles. The van der Waals surface area contributed by atoms with Gasteiger partial charge in [0.1, 0.15) is 24.9 Å². The molecule has 166 valence electrons. The van der Waals surface area contributed by atoms with Crippen molar-refractivity contribution in [3.8, 4) is 17.3 Å². The van der Waals surface area contributed by atoms with Crippen LogP contribution in [0.3, 0.4) is 0 Å². The fraction of sp³-hybridized carbons (Fsp3) is 0.130. The van der Waals surface area contributed by atoms with Gasteiger partial charge in [0.25, 0.3) is 0 Å². The molecule has 0 radical (unpaired) electrons. The van der Waals surface area contributed by atoms with E-state index in [1.54, 1.807) is 41.2 Å². The van der Waals surface area contributed by atoms with E-state index in [-0.39, 0.29) is 6.03 Å². The average Bonchev–Trinajstić information content (AvgIpc) is 3.35. The number of carbonyl (C=O) groups excluding carboxylic acids is 1. The van der Waals surface area contributed by atoms with E-state index in [2.05, 4.69) is 31.0 Å². The van der Waals surface area contributed by atoms with Crippen LogP contribution in [0.5, 0.6) is 11.5 Å². The Morgan fingerprint density at radius 2 is 1.64 bits per heavy atom. The Kier molecular flexibility index (Phi) is 5.46. The van der Waals surface area contributed by atoms with E-state index in [4.69, 9.17) is 9.47 Å². The van der Waals surface area contributed by atoms with Gasteiger partial charge >= 0.3 is 6.03 Å². The zero-order chi connectivity index (χ0) is 22.6. The first kappa shape index (κ1) is 20.3. The lowest BCUT2D eigenvalue weighted by atomic mass is 10.2. The van der Waals surface area contributed by atoms with Crippen molar-refractivity contribution in [3.05, 3.63) is 72.8 Å². The Hall–Kier alpha value is -4.60. The molecule has 3 N–H and O–H groups in total. The van der Waals surface area contributed by atoms with E-state index in [1.165, 1.54) is 0 Å². The highest BCUT2D eigenvalue weighted by Gasteiger charge is 2.13. The highest BCUT2D eigenvalue weighted by molar-refractivity contribution is 6.00. The van der Waals surface area contributed by atoms with Crippen molar-refractivity contribution >= 4 is 28.9 Å². The van der Waals surface area contributed by atoms with Crippen molar-refractivity contribution in [2.24, 2.45) is 0 Å². The first-order chi connectivity index (χ1) is 16.1. The van der Waals surface area contributed by atoms with Gasteiger partial charge in [-0.15, -0.1) is 0 Å². The third kappa shape index (κ3) is 4.85. The summed E-state index contributed by atoms with van der Waals surface area (Å²) < 4.78 is 12.7. The molecule has 0 aliphatic carbocycles. The molecule has 0 spiro atoms. The number of ether oxygens (including phenoxy) is 2. The zero-order valence-corrected chi connectivity index (χ0v) is 17.8. The summed E-state index contributed by atoms with van der Waals surface area (Å²) in [6.07, 6.45) is 3.52. The topological polar surface area (TPSA) is 115 Å². The van der Waals surface area contributed by atoms with Crippen LogP contribution in [0.2, 0.25) is 0 Å². The SMILES string of the molecule is Cc1nc(Nc2ccc(NC(=O)Nc3ccc4c(c3)OCCO4)cc2)cc(-n2cccn2)n1. The quantitative estimate of drug-likeness (QED) is 0.425. The number of carbonyl (C=O) groups is 1. The van der Waals surface area contributed by atoms with Crippen molar-refractivity contribution < 1.29 is 14.3 Å². The van der Waals surface area contributed by atoms with E-state index < -0.39 is 0 Å². The number of nitrogens with one attached hydrogen (secondary N) is 3. The lowest BCUT2D eigenvalue weighted by Gasteiger charge is -2.19. The molecule has 3 heterocycles. The Morgan fingerprint density at radius 1 is 0.909 bits per heavy atom. The van der Waals surface area contributed by atoms with Gasteiger partial charge in [0.15, 0.2) is 17.3 Å². The summed E-state index contributed by atoms with van der Waals surface area (Å²) in [5.74, 6) is 3.23. The largest absolute Gasteiger partial charge is 0.486 e. The number of anilines is 4. The molecule has 0 atom stereocenters. The summed E-state index contributed by atoms with van der Waals surface area (Å²) in [5, 5.41) is 13.1.